The minimum atomic E-state index is 0. The van der Waals surface area contributed by atoms with E-state index in [2.05, 4.69) is 52.8 Å². The van der Waals surface area contributed by atoms with Crippen molar-refractivity contribution in [3.05, 3.63) is 47.8 Å². The van der Waals surface area contributed by atoms with Gasteiger partial charge < -0.3 is 15.5 Å². The van der Waals surface area contributed by atoms with Crippen molar-refractivity contribution in [3.8, 4) is 0 Å². The summed E-state index contributed by atoms with van der Waals surface area (Å²) < 4.78 is 1.95. The van der Waals surface area contributed by atoms with E-state index in [0.29, 0.717) is 6.54 Å². The van der Waals surface area contributed by atoms with Crippen molar-refractivity contribution >= 4 is 35.6 Å². The minimum absolute atomic E-state index is 0. The number of aromatic nitrogens is 2. The largest absolute Gasteiger partial charge is 0.374 e. The van der Waals surface area contributed by atoms with Gasteiger partial charge in [0.15, 0.2) is 5.96 Å². The zero-order valence-corrected chi connectivity index (χ0v) is 18.6. The lowest BCUT2D eigenvalue weighted by molar-refractivity contribution is 0.570. The van der Waals surface area contributed by atoms with Crippen molar-refractivity contribution in [2.45, 2.75) is 39.3 Å². The number of nitrogens with one attached hydrogen (secondary N) is 2. The number of nitrogens with zero attached hydrogens (tertiary/aromatic N) is 4. The highest BCUT2D eigenvalue weighted by atomic mass is 127. The molecule has 1 aliphatic heterocycles. The fourth-order valence-corrected chi connectivity index (χ4v) is 3.33. The van der Waals surface area contributed by atoms with Crippen LogP contribution >= 0.6 is 24.0 Å². The Morgan fingerprint density at radius 2 is 2.19 bits per heavy atom. The molecule has 0 unspecified atom stereocenters. The summed E-state index contributed by atoms with van der Waals surface area (Å²) in [5, 5.41) is 11.0. The van der Waals surface area contributed by atoms with Crippen molar-refractivity contribution in [1.29, 1.82) is 0 Å². The van der Waals surface area contributed by atoms with Gasteiger partial charge in [0.05, 0.1) is 6.54 Å². The average molecular weight is 482 g/mol. The van der Waals surface area contributed by atoms with E-state index in [1.54, 1.807) is 0 Å². The Balaban J connectivity index is 0.00000261. The summed E-state index contributed by atoms with van der Waals surface area (Å²) in [5.74, 6) is 0.878. The summed E-state index contributed by atoms with van der Waals surface area (Å²) in [6.45, 7) is 6.59. The Labute approximate surface area is 179 Å². The van der Waals surface area contributed by atoms with Gasteiger partial charge in [0, 0.05) is 51.3 Å². The Hall–Kier alpha value is -1.77. The number of rotatable bonds is 7. The molecule has 0 radical (unpaired) electrons. The number of anilines is 1. The molecule has 1 aliphatic rings. The van der Waals surface area contributed by atoms with Crippen molar-refractivity contribution in [1.82, 2.24) is 20.4 Å². The summed E-state index contributed by atoms with van der Waals surface area (Å²) >= 11 is 0. The first-order chi connectivity index (χ1) is 12.8. The van der Waals surface area contributed by atoms with Gasteiger partial charge in [-0.2, -0.15) is 5.10 Å². The van der Waals surface area contributed by atoms with Crippen LogP contribution in [0.3, 0.4) is 0 Å². The number of aryl methyl sites for hydroxylation is 2. The van der Waals surface area contributed by atoms with Crippen LogP contribution in [0.2, 0.25) is 0 Å². The quantitative estimate of drug-likeness (QED) is 0.276. The van der Waals surface area contributed by atoms with E-state index in [4.69, 9.17) is 4.99 Å². The topological polar surface area (TPSA) is 57.5 Å². The number of halogens is 1. The van der Waals surface area contributed by atoms with Crippen LogP contribution in [0.15, 0.2) is 41.7 Å². The van der Waals surface area contributed by atoms with Crippen molar-refractivity contribution < 1.29 is 0 Å². The molecule has 148 valence electrons. The van der Waals surface area contributed by atoms with E-state index in [9.17, 15) is 0 Å². The average Bonchev–Trinajstić information content (AvgIpc) is 3.17. The van der Waals surface area contributed by atoms with E-state index < -0.39 is 0 Å². The number of benzene rings is 1. The fraction of sp³-hybridized carbons (Fsp3) is 0.500. The van der Waals surface area contributed by atoms with Gasteiger partial charge in [-0.25, -0.2) is 4.99 Å². The molecule has 0 saturated carbocycles. The molecule has 1 aromatic carbocycles. The molecule has 0 spiro atoms. The predicted octanol–water partition coefficient (Wildman–Crippen LogP) is 3.03. The highest BCUT2D eigenvalue weighted by Crippen LogP contribution is 2.26. The number of hydrogen-bond donors (Lipinski definition) is 2. The van der Waals surface area contributed by atoms with E-state index in [1.807, 2.05) is 23.1 Å². The van der Waals surface area contributed by atoms with E-state index >= 15 is 0 Å². The number of guanidine groups is 1. The van der Waals surface area contributed by atoms with Crippen molar-refractivity contribution in [3.63, 3.8) is 0 Å². The van der Waals surface area contributed by atoms with Gasteiger partial charge in [-0.1, -0.05) is 12.1 Å². The third-order valence-electron chi connectivity index (χ3n) is 4.67. The molecular formula is C20H31IN6. The Bertz CT molecular complexity index is 713. The number of hydrogen-bond acceptors (Lipinski definition) is 3. The molecule has 0 aliphatic carbocycles. The monoisotopic (exact) mass is 482 g/mol. The van der Waals surface area contributed by atoms with Crippen LogP contribution in [0.4, 0.5) is 5.69 Å². The summed E-state index contributed by atoms with van der Waals surface area (Å²) in [7, 11) is 2.17. The van der Waals surface area contributed by atoms with Gasteiger partial charge in [-0.3, -0.25) is 4.68 Å². The Morgan fingerprint density at radius 1 is 1.30 bits per heavy atom. The summed E-state index contributed by atoms with van der Waals surface area (Å²) in [6.07, 6.45) is 7.22. The van der Waals surface area contributed by atoms with Gasteiger partial charge in [0.2, 0.25) is 0 Å². The van der Waals surface area contributed by atoms with Gasteiger partial charge in [0.1, 0.15) is 0 Å². The summed E-state index contributed by atoms with van der Waals surface area (Å²) in [4.78, 5) is 7.09. The first kappa shape index (κ1) is 21.5. The molecule has 0 atom stereocenters. The second-order valence-electron chi connectivity index (χ2n) is 6.73. The van der Waals surface area contributed by atoms with E-state index in [0.717, 1.165) is 38.6 Å². The maximum Gasteiger partial charge on any atom is 0.191 e. The second kappa shape index (κ2) is 11.2. The van der Waals surface area contributed by atoms with E-state index in [1.165, 1.54) is 29.7 Å². The van der Waals surface area contributed by atoms with Crippen LogP contribution in [-0.2, 0) is 19.5 Å². The molecule has 2 N–H and O–H groups in total. The molecule has 3 rings (SSSR count). The van der Waals surface area contributed by atoms with Crippen LogP contribution in [0.25, 0.3) is 0 Å². The summed E-state index contributed by atoms with van der Waals surface area (Å²) in [6, 6.07) is 8.71. The third-order valence-corrected chi connectivity index (χ3v) is 4.67. The highest BCUT2D eigenvalue weighted by molar-refractivity contribution is 14.0. The van der Waals surface area contributed by atoms with E-state index in [-0.39, 0.29) is 24.0 Å². The van der Waals surface area contributed by atoms with Gasteiger partial charge >= 0.3 is 0 Å². The summed E-state index contributed by atoms with van der Waals surface area (Å²) in [5.41, 5.74) is 4.09. The second-order valence-corrected chi connectivity index (χ2v) is 6.73. The molecule has 6 nitrogen and oxygen atoms in total. The zero-order valence-electron chi connectivity index (χ0n) is 16.3. The molecule has 1 aromatic heterocycles. The van der Waals surface area contributed by atoms with Gasteiger partial charge in [-0.05, 0) is 49.4 Å². The third kappa shape index (κ3) is 6.41. The number of aliphatic imine (C=N–C) groups is 1. The molecule has 27 heavy (non-hydrogen) atoms. The normalized spacial score (nSPS) is 13.7. The molecule has 2 aromatic rings. The molecule has 7 heteroatoms. The molecule has 0 amide bonds. The SMILES string of the molecule is CCNC(=NCc1ccc2c(c1)CCCN2C)NCCCn1cccn1.I. The molecular weight excluding hydrogens is 451 g/mol. The first-order valence-corrected chi connectivity index (χ1v) is 9.59. The Morgan fingerprint density at radius 3 is 2.96 bits per heavy atom. The molecule has 0 fully saturated rings. The minimum Gasteiger partial charge on any atom is -0.374 e. The van der Waals surface area contributed by atoms with Crippen LogP contribution in [0, 0.1) is 0 Å². The molecule has 2 heterocycles. The highest BCUT2D eigenvalue weighted by Gasteiger charge is 2.13. The number of fused-ring (bicyclic) bond motifs is 1. The van der Waals surface area contributed by atoms with Gasteiger partial charge in [0.25, 0.3) is 0 Å². The zero-order chi connectivity index (χ0) is 18.2. The van der Waals surface area contributed by atoms with Crippen LogP contribution in [-0.4, -0.2) is 42.4 Å². The van der Waals surface area contributed by atoms with Crippen LogP contribution < -0.4 is 15.5 Å². The van der Waals surface area contributed by atoms with Crippen molar-refractivity contribution in [2.24, 2.45) is 4.99 Å². The fourth-order valence-electron chi connectivity index (χ4n) is 3.33. The standard InChI is InChI=1S/C20H30N6.HI/c1-3-21-20(22-10-5-13-26-14-6-11-24-26)23-16-17-8-9-19-18(15-17)7-4-12-25(19)2;/h6,8-9,11,14-15H,3-5,7,10,12-13,16H2,1-2H3,(H2,21,22,23);1H. The lowest BCUT2D eigenvalue weighted by atomic mass is 10.00. The molecule has 0 saturated heterocycles. The predicted molar refractivity (Wildman–Crippen MR) is 123 cm³/mol. The van der Waals surface area contributed by atoms with Gasteiger partial charge in [-0.15, -0.1) is 24.0 Å². The maximum atomic E-state index is 4.74. The smallest absolute Gasteiger partial charge is 0.191 e. The maximum absolute atomic E-state index is 4.74. The van der Waals surface area contributed by atoms with Crippen LogP contribution in [0.5, 0.6) is 0 Å². The Kier molecular flexibility index (Phi) is 8.90. The first-order valence-electron chi connectivity index (χ1n) is 9.59. The molecule has 0 bridgehead atoms. The van der Waals surface area contributed by atoms with Crippen molar-refractivity contribution in [2.75, 3.05) is 31.6 Å². The lowest BCUT2D eigenvalue weighted by Gasteiger charge is -2.27. The lowest BCUT2D eigenvalue weighted by Crippen LogP contribution is -2.38. The van der Waals surface area contributed by atoms with Crippen LogP contribution in [0.1, 0.15) is 30.9 Å².